The van der Waals surface area contributed by atoms with E-state index in [9.17, 15) is 0 Å². The number of nitrogens with zero attached hydrogens (tertiary/aromatic N) is 2. The minimum atomic E-state index is 0.342. The van der Waals surface area contributed by atoms with Crippen molar-refractivity contribution in [1.82, 2.24) is 9.80 Å². The first kappa shape index (κ1) is 15.3. The van der Waals surface area contributed by atoms with Crippen LogP contribution in [0.5, 0.6) is 0 Å². The van der Waals surface area contributed by atoms with Crippen LogP contribution in [0.25, 0.3) is 0 Å². The Morgan fingerprint density at radius 1 is 1.05 bits per heavy atom. The summed E-state index contributed by atoms with van der Waals surface area (Å²) in [6.07, 6.45) is 4.11. The molecule has 0 radical (unpaired) electrons. The van der Waals surface area contributed by atoms with Gasteiger partial charge in [-0.2, -0.15) is 0 Å². The highest BCUT2D eigenvalue weighted by Crippen LogP contribution is 2.30. The molecule has 2 rings (SSSR count). The molecule has 0 aromatic carbocycles. The van der Waals surface area contributed by atoms with E-state index in [4.69, 9.17) is 4.74 Å². The Bertz CT molecular complexity index is 264. The second-order valence-corrected chi connectivity index (χ2v) is 7.19. The monoisotopic (exact) mass is 268 g/mol. The van der Waals surface area contributed by atoms with Gasteiger partial charge in [0.2, 0.25) is 0 Å². The molecule has 2 heterocycles. The molecular weight excluding hydrogens is 236 g/mol. The molecule has 2 aliphatic rings. The molecule has 0 amide bonds. The van der Waals surface area contributed by atoms with Crippen LogP contribution in [-0.2, 0) is 4.74 Å². The fourth-order valence-electron chi connectivity index (χ4n) is 3.68. The minimum Gasteiger partial charge on any atom is -0.379 e. The summed E-state index contributed by atoms with van der Waals surface area (Å²) in [5.41, 5.74) is 0.342. The molecule has 3 heteroatoms. The lowest BCUT2D eigenvalue weighted by atomic mass is 9.83. The summed E-state index contributed by atoms with van der Waals surface area (Å²) in [6, 6.07) is 0.716. The average Bonchev–Trinajstić information content (AvgIpc) is 2.40. The Hall–Kier alpha value is -0.120. The number of morpholine rings is 1. The minimum absolute atomic E-state index is 0.342. The van der Waals surface area contributed by atoms with Crippen molar-refractivity contribution in [3.05, 3.63) is 0 Å². The molecule has 0 saturated carbocycles. The van der Waals surface area contributed by atoms with Gasteiger partial charge in [0.1, 0.15) is 0 Å². The molecule has 0 aliphatic carbocycles. The quantitative estimate of drug-likeness (QED) is 0.779. The Morgan fingerprint density at radius 2 is 1.63 bits per heavy atom. The van der Waals surface area contributed by atoms with Crippen LogP contribution in [0, 0.1) is 5.92 Å². The van der Waals surface area contributed by atoms with Gasteiger partial charge in [0.05, 0.1) is 13.2 Å². The predicted molar refractivity (Wildman–Crippen MR) is 80.5 cm³/mol. The molecule has 3 nitrogen and oxygen atoms in total. The van der Waals surface area contributed by atoms with Crippen LogP contribution < -0.4 is 0 Å². The summed E-state index contributed by atoms with van der Waals surface area (Å²) in [7, 11) is 0. The van der Waals surface area contributed by atoms with Crippen LogP contribution in [0.1, 0.15) is 47.0 Å². The molecule has 2 saturated heterocycles. The van der Waals surface area contributed by atoms with Gasteiger partial charge in [-0.05, 0) is 66.0 Å². The van der Waals surface area contributed by atoms with E-state index < -0.39 is 0 Å². The smallest absolute Gasteiger partial charge is 0.0594 e. The van der Waals surface area contributed by atoms with Gasteiger partial charge in [0.15, 0.2) is 0 Å². The van der Waals surface area contributed by atoms with Crippen LogP contribution in [0.15, 0.2) is 0 Å². The molecule has 0 spiro atoms. The summed E-state index contributed by atoms with van der Waals surface area (Å²) in [6.45, 7) is 16.1. The second kappa shape index (κ2) is 6.55. The average molecular weight is 268 g/mol. The van der Waals surface area contributed by atoms with Crippen molar-refractivity contribution < 1.29 is 4.74 Å². The summed E-state index contributed by atoms with van der Waals surface area (Å²) in [5.74, 6) is 0.910. The van der Waals surface area contributed by atoms with Crippen molar-refractivity contribution >= 4 is 0 Å². The fourth-order valence-corrected chi connectivity index (χ4v) is 3.68. The lowest BCUT2D eigenvalue weighted by molar-refractivity contribution is -0.0218. The second-order valence-electron chi connectivity index (χ2n) is 7.19. The number of ether oxygens (including phenoxy) is 1. The summed E-state index contributed by atoms with van der Waals surface area (Å²) in [4.78, 5) is 5.25. The SMILES string of the molecule is CC(C)N1CCC(CC(C)(C)N2CCOCC2)CC1. The van der Waals surface area contributed by atoms with E-state index in [0.717, 1.165) is 32.2 Å². The van der Waals surface area contributed by atoms with Gasteiger partial charge >= 0.3 is 0 Å². The Balaban J connectivity index is 1.80. The van der Waals surface area contributed by atoms with Crippen LogP contribution in [0.4, 0.5) is 0 Å². The lowest BCUT2D eigenvalue weighted by Gasteiger charge is -2.44. The standard InChI is InChI=1S/C16H32N2O/c1-14(2)17-7-5-15(6-8-17)13-16(3,4)18-9-11-19-12-10-18/h14-15H,5-13H2,1-4H3. The summed E-state index contributed by atoms with van der Waals surface area (Å²) >= 11 is 0. The zero-order valence-electron chi connectivity index (χ0n) is 13.3. The molecule has 2 aliphatic heterocycles. The van der Waals surface area contributed by atoms with Crippen LogP contribution in [-0.4, -0.2) is 60.8 Å². The Morgan fingerprint density at radius 3 is 2.16 bits per heavy atom. The number of piperidine rings is 1. The van der Waals surface area contributed by atoms with Gasteiger partial charge in [-0.25, -0.2) is 0 Å². The third-order valence-electron chi connectivity index (χ3n) is 5.03. The molecule has 19 heavy (non-hydrogen) atoms. The highest BCUT2D eigenvalue weighted by molar-refractivity contribution is 4.87. The molecule has 112 valence electrons. The van der Waals surface area contributed by atoms with E-state index in [2.05, 4.69) is 37.5 Å². The first-order valence-electron chi connectivity index (χ1n) is 8.06. The number of likely N-dealkylation sites (tertiary alicyclic amines) is 1. The van der Waals surface area contributed by atoms with Crippen LogP contribution in [0.2, 0.25) is 0 Å². The van der Waals surface area contributed by atoms with E-state index in [1.165, 1.54) is 32.4 Å². The summed E-state index contributed by atoms with van der Waals surface area (Å²) in [5, 5.41) is 0. The fraction of sp³-hybridized carbons (Fsp3) is 1.00. The maximum Gasteiger partial charge on any atom is 0.0594 e. The van der Waals surface area contributed by atoms with Gasteiger partial charge in [-0.3, -0.25) is 4.90 Å². The number of hydrogen-bond acceptors (Lipinski definition) is 3. The number of hydrogen-bond donors (Lipinski definition) is 0. The van der Waals surface area contributed by atoms with Crippen molar-refractivity contribution in [2.75, 3.05) is 39.4 Å². The Kier molecular flexibility index (Phi) is 5.27. The van der Waals surface area contributed by atoms with Crippen molar-refractivity contribution in [3.8, 4) is 0 Å². The zero-order valence-corrected chi connectivity index (χ0v) is 13.3. The number of rotatable bonds is 4. The van der Waals surface area contributed by atoms with Crippen molar-refractivity contribution in [2.24, 2.45) is 5.92 Å². The Labute approximate surface area is 119 Å². The van der Waals surface area contributed by atoms with E-state index in [-0.39, 0.29) is 0 Å². The molecule has 0 unspecified atom stereocenters. The van der Waals surface area contributed by atoms with E-state index in [0.29, 0.717) is 11.6 Å². The highest BCUT2D eigenvalue weighted by Gasteiger charge is 2.32. The molecule has 2 fully saturated rings. The molecule has 0 bridgehead atoms. The van der Waals surface area contributed by atoms with Crippen LogP contribution in [0.3, 0.4) is 0 Å². The molecule has 0 N–H and O–H groups in total. The predicted octanol–water partition coefficient (Wildman–Crippen LogP) is 2.61. The van der Waals surface area contributed by atoms with E-state index in [1.807, 2.05) is 0 Å². The molecular formula is C16H32N2O. The highest BCUT2D eigenvalue weighted by atomic mass is 16.5. The zero-order chi connectivity index (χ0) is 13.9. The maximum atomic E-state index is 5.48. The third-order valence-corrected chi connectivity index (χ3v) is 5.03. The van der Waals surface area contributed by atoms with Gasteiger partial charge in [-0.1, -0.05) is 0 Å². The van der Waals surface area contributed by atoms with Crippen LogP contribution >= 0.6 is 0 Å². The summed E-state index contributed by atoms with van der Waals surface area (Å²) < 4.78 is 5.48. The van der Waals surface area contributed by atoms with Crippen molar-refractivity contribution in [3.63, 3.8) is 0 Å². The van der Waals surface area contributed by atoms with Gasteiger partial charge in [0.25, 0.3) is 0 Å². The lowest BCUT2D eigenvalue weighted by Crippen LogP contribution is -2.51. The van der Waals surface area contributed by atoms with Crippen molar-refractivity contribution in [2.45, 2.75) is 58.5 Å². The third kappa shape index (κ3) is 4.17. The van der Waals surface area contributed by atoms with Gasteiger partial charge < -0.3 is 9.64 Å². The van der Waals surface area contributed by atoms with Crippen molar-refractivity contribution in [1.29, 1.82) is 0 Å². The molecule has 0 aromatic rings. The molecule has 0 aromatic heterocycles. The van der Waals surface area contributed by atoms with Gasteiger partial charge in [0, 0.05) is 24.7 Å². The van der Waals surface area contributed by atoms with E-state index in [1.54, 1.807) is 0 Å². The normalized spacial score (nSPS) is 25.1. The first-order chi connectivity index (χ1) is 8.99. The largest absolute Gasteiger partial charge is 0.379 e. The van der Waals surface area contributed by atoms with E-state index >= 15 is 0 Å². The van der Waals surface area contributed by atoms with Gasteiger partial charge in [-0.15, -0.1) is 0 Å². The maximum absolute atomic E-state index is 5.48. The topological polar surface area (TPSA) is 15.7 Å². The molecule has 0 atom stereocenters. The first-order valence-corrected chi connectivity index (χ1v) is 8.06.